The lowest BCUT2D eigenvalue weighted by Gasteiger charge is -2.05. The van der Waals surface area contributed by atoms with Crippen molar-refractivity contribution >= 4 is 29.1 Å². The number of nitrogen functional groups attached to an aromatic ring is 1. The molecule has 0 aliphatic rings. The van der Waals surface area contributed by atoms with Crippen molar-refractivity contribution in [1.29, 1.82) is 0 Å². The van der Waals surface area contributed by atoms with E-state index >= 15 is 0 Å². The largest absolute Gasteiger partial charge is 0.398 e. The van der Waals surface area contributed by atoms with Gasteiger partial charge in [-0.25, -0.2) is 5.48 Å². The van der Waals surface area contributed by atoms with Gasteiger partial charge in [0.1, 0.15) is 0 Å². The van der Waals surface area contributed by atoms with Crippen LogP contribution in [0.2, 0.25) is 5.02 Å². The van der Waals surface area contributed by atoms with Crippen LogP contribution in [0.15, 0.2) is 18.2 Å². The van der Waals surface area contributed by atoms with Crippen LogP contribution in [0.3, 0.4) is 0 Å². The molecule has 5 N–H and O–H groups in total. The number of rotatable bonds is 4. The topological polar surface area (TPSA) is 107 Å². The molecule has 2 amide bonds. The van der Waals surface area contributed by atoms with Crippen LogP contribution >= 0.6 is 11.6 Å². The Balaban J connectivity index is 2.59. The van der Waals surface area contributed by atoms with E-state index in [4.69, 9.17) is 23.1 Å². The third-order valence-corrected chi connectivity index (χ3v) is 1.98. The summed E-state index contributed by atoms with van der Waals surface area (Å²) >= 11 is 5.68. The summed E-state index contributed by atoms with van der Waals surface area (Å²) in [6.45, 7) is -0.394. The van der Waals surface area contributed by atoms with Crippen molar-refractivity contribution in [2.24, 2.45) is 5.73 Å². The highest BCUT2D eigenvalue weighted by molar-refractivity contribution is 6.33. The maximum absolute atomic E-state index is 11.4. The molecule has 7 heteroatoms. The first kappa shape index (κ1) is 12.3. The smallest absolute Gasteiger partial charge is 0.274 e. The van der Waals surface area contributed by atoms with Gasteiger partial charge in [0.25, 0.3) is 5.91 Å². The van der Waals surface area contributed by atoms with Gasteiger partial charge in [-0.1, -0.05) is 11.6 Å². The van der Waals surface area contributed by atoms with Gasteiger partial charge in [0.15, 0.2) is 6.61 Å². The molecule has 1 aromatic carbocycles. The molecule has 0 unspecified atom stereocenters. The summed E-state index contributed by atoms with van der Waals surface area (Å²) in [5, 5.41) is 0.356. The van der Waals surface area contributed by atoms with Crippen molar-refractivity contribution < 1.29 is 14.4 Å². The number of carbonyl (C=O) groups is 2. The van der Waals surface area contributed by atoms with Crippen molar-refractivity contribution in [3.05, 3.63) is 28.8 Å². The molecule has 0 aliphatic carbocycles. The molecule has 1 aromatic rings. The Hall–Kier alpha value is -1.79. The molecule has 6 nitrogen and oxygen atoms in total. The number of hydrogen-bond donors (Lipinski definition) is 3. The monoisotopic (exact) mass is 243 g/mol. The van der Waals surface area contributed by atoms with E-state index in [0.717, 1.165) is 0 Å². The predicted octanol–water partition coefficient (Wildman–Crippen LogP) is 0.0689. The van der Waals surface area contributed by atoms with Gasteiger partial charge < -0.3 is 11.5 Å². The number of hydroxylamine groups is 1. The van der Waals surface area contributed by atoms with Crippen LogP contribution < -0.4 is 16.9 Å². The van der Waals surface area contributed by atoms with E-state index in [9.17, 15) is 9.59 Å². The minimum atomic E-state index is -0.684. The number of primary amides is 1. The van der Waals surface area contributed by atoms with Crippen LogP contribution in [0, 0.1) is 0 Å². The van der Waals surface area contributed by atoms with Crippen LogP contribution in [0.4, 0.5) is 5.69 Å². The predicted molar refractivity (Wildman–Crippen MR) is 58.5 cm³/mol. The van der Waals surface area contributed by atoms with Gasteiger partial charge in [0.2, 0.25) is 5.91 Å². The molecule has 0 aliphatic heterocycles. The maximum Gasteiger partial charge on any atom is 0.274 e. The van der Waals surface area contributed by atoms with Crippen molar-refractivity contribution in [2.45, 2.75) is 0 Å². The number of nitrogens with one attached hydrogen (secondary N) is 1. The normalized spacial score (nSPS) is 9.81. The van der Waals surface area contributed by atoms with Crippen LogP contribution in [-0.2, 0) is 9.63 Å². The fourth-order valence-electron chi connectivity index (χ4n) is 0.917. The van der Waals surface area contributed by atoms with Crippen molar-refractivity contribution in [1.82, 2.24) is 5.48 Å². The van der Waals surface area contributed by atoms with Crippen LogP contribution in [0.5, 0.6) is 0 Å². The second-order valence-corrected chi connectivity index (χ2v) is 3.33. The lowest BCUT2D eigenvalue weighted by atomic mass is 10.2. The standard InChI is InChI=1S/C9H10ClN3O3/c10-6-2-1-5(3-7(6)11)9(15)13-16-4-8(12)14/h1-3H,4,11H2,(H2,12,14)(H,13,15). The Labute approximate surface area is 96.4 Å². The highest BCUT2D eigenvalue weighted by Gasteiger charge is 2.07. The zero-order chi connectivity index (χ0) is 12.1. The minimum Gasteiger partial charge on any atom is -0.398 e. The van der Waals surface area contributed by atoms with Crippen molar-refractivity contribution in [3.63, 3.8) is 0 Å². The van der Waals surface area contributed by atoms with Gasteiger partial charge in [-0.2, -0.15) is 0 Å². The van der Waals surface area contributed by atoms with Crippen LogP contribution in [0.1, 0.15) is 10.4 Å². The average molecular weight is 244 g/mol. The van der Waals surface area contributed by atoms with Crippen molar-refractivity contribution in [2.75, 3.05) is 12.3 Å². The molecule has 0 bridgehead atoms. The van der Waals surface area contributed by atoms with E-state index in [1.54, 1.807) is 0 Å². The summed E-state index contributed by atoms with van der Waals surface area (Å²) in [5.74, 6) is -1.22. The van der Waals surface area contributed by atoms with Gasteiger partial charge in [0, 0.05) is 5.56 Å². The summed E-state index contributed by atoms with van der Waals surface area (Å²) in [7, 11) is 0. The number of nitrogens with two attached hydrogens (primary N) is 2. The van der Waals surface area contributed by atoms with E-state index in [0.29, 0.717) is 5.02 Å². The molecule has 0 saturated heterocycles. The Morgan fingerprint density at radius 3 is 2.69 bits per heavy atom. The van der Waals surface area contributed by atoms with E-state index in [-0.39, 0.29) is 11.3 Å². The first-order valence-electron chi connectivity index (χ1n) is 4.26. The zero-order valence-electron chi connectivity index (χ0n) is 8.20. The SMILES string of the molecule is NC(=O)CONC(=O)c1ccc(Cl)c(N)c1. The van der Waals surface area contributed by atoms with E-state index in [1.807, 2.05) is 5.48 Å². The van der Waals surface area contributed by atoms with Gasteiger partial charge in [-0.05, 0) is 18.2 Å². The fourth-order valence-corrected chi connectivity index (χ4v) is 1.03. The maximum atomic E-state index is 11.4. The van der Waals surface area contributed by atoms with E-state index in [1.165, 1.54) is 18.2 Å². The molecule has 0 heterocycles. The summed E-state index contributed by atoms with van der Waals surface area (Å²) in [4.78, 5) is 26.3. The highest BCUT2D eigenvalue weighted by atomic mass is 35.5. The molecule has 1 rings (SSSR count). The second-order valence-electron chi connectivity index (χ2n) is 2.92. The quantitative estimate of drug-likeness (QED) is 0.514. The van der Waals surface area contributed by atoms with Gasteiger partial charge in [0.05, 0.1) is 10.7 Å². The van der Waals surface area contributed by atoms with Gasteiger partial charge in [-0.15, -0.1) is 0 Å². The second kappa shape index (κ2) is 5.34. The third kappa shape index (κ3) is 3.41. The summed E-state index contributed by atoms with van der Waals surface area (Å²) < 4.78 is 0. The Bertz CT molecular complexity index is 422. The number of benzene rings is 1. The number of halogens is 1. The lowest BCUT2D eigenvalue weighted by molar-refractivity contribution is -0.124. The Morgan fingerprint density at radius 1 is 1.44 bits per heavy atom. The fraction of sp³-hybridized carbons (Fsp3) is 0.111. The zero-order valence-corrected chi connectivity index (χ0v) is 8.95. The Kier molecular flexibility index (Phi) is 4.10. The molecule has 86 valence electrons. The number of carbonyl (C=O) groups excluding carboxylic acids is 2. The van der Waals surface area contributed by atoms with Crippen LogP contribution in [-0.4, -0.2) is 18.4 Å². The van der Waals surface area contributed by atoms with Gasteiger partial charge in [-0.3, -0.25) is 14.4 Å². The minimum absolute atomic E-state index is 0.270. The molecule has 0 spiro atoms. The summed E-state index contributed by atoms with van der Waals surface area (Å²) in [6, 6.07) is 4.35. The first-order valence-corrected chi connectivity index (χ1v) is 4.64. The molecule has 0 atom stereocenters. The molecule has 0 saturated carbocycles. The molecular formula is C9H10ClN3O3. The molecular weight excluding hydrogens is 234 g/mol. The average Bonchev–Trinajstić information content (AvgIpc) is 2.21. The van der Waals surface area contributed by atoms with E-state index < -0.39 is 18.4 Å². The summed E-state index contributed by atoms with van der Waals surface area (Å²) in [5.41, 5.74) is 12.9. The van der Waals surface area contributed by atoms with Crippen LogP contribution in [0.25, 0.3) is 0 Å². The molecule has 0 aromatic heterocycles. The lowest BCUT2D eigenvalue weighted by Crippen LogP contribution is -2.29. The molecule has 0 fully saturated rings. The Morgan fingerprint density at radius 2 is 2.12 bits per heavy atom. The molecule has 16 heavy (non-hydrogen) atoms. The number of amides is 2. The number of hydrogen-bond acceptors (Lipinski definition) is 4. The van der Waals surface area contributed by atoms with Gasteiger partial charge >= 0.3 is 0 Å². The summed E-state index contributed by atoms with van der Waals surface area (Å²) in [6.07, 6.45) is 0. The van der Waals surface area contributed by atoms with E-state index in [2.05, 4.69) is 4.84 Å². The first-order chi connectivity index (χ1) is 7.50. The third-order valence-electron chi connectivity index (χ3n) is 1.64. The highest BCUT2D eigenvalue weighted by Crippen LogP contribution is 2.19. The molecule has 0 radical (unpaired) electrons. The number of anilines is 1. The van der Waals surface area contributed by atoms with Crippen molar-refractivity contribution in [3.8, 4) is 0 Å².